The van der Waals surface area contributed by atoms with Crippen LogP contribution in [0.4, 0.5) is 0 Å². The lowest BCUT2D eigenvalue weighted by molar-refractivity contribution is -0.128. The Balaban J connectivity index is 0.000000164. The fourth-order valence-corrected chi connectivity index (χ4v) is 10.0. The topological polar surface area (TPSA) is 167 Å². The highest BCUT2D eigenvalue weighted by molar-refractivity contribution is 7.86. The van der Waals surface area contributed by atoms with Gasteiger partial charge in [0.2, 0.25) is 0 Å². The summed E-state index contributed by atoms with van der Waals surface area (Å²) >= 11 is 0. The van der Waals surface area contributed by atoms with Gasteiger partial charge in [-0.05, 0) is 48.3 Å². The number of ketones is 2. The highest BCUT2D eigenvalue weighted by atomic mass is 32.2. The molecule has 208 valence electrons. The minimum Gasteiger partial charge on any atom is -0.314 e. The van der Waals surface area contributed by atoms with E-state index in [1.165, 1.54) is 0 Å². The molecule has 4 aliphatic carbocycles. The van der Waals surface area contributed by atoms with Crippen molar-refractivity contribution in [3.05, 3.63) is 0 Å². The van der Waals surface area contributed by atoms with Gasteiger partial charge >= 0.3 is 0 Å². The van der Waals surface area contributed by atoms with Gasteiger partial charge in [-0.15, -0.1) is 0 Å². The quantitative estimate of drug-likeness (QED) is 0.378. The third-order valence-corrected chi connectivity index (χ3v) is 11.8. The zero-order chi connectivity index (χ0) is 27.2. The minimum atomic E-state index is -4.08. The van der Waals surface area contributed by atoms with E-state index in [1.807, 2.05) is 27.7 Å². The van der Waals surface area contributed by atoms with Crippen molar-refractivity contribution in [1.82, 2.24) is 10.6 Å². The molecule has 4 N–H and O–H groups in total. The van der Waals surface area contributed by atoms with Gasteiger partial charge in [0.15, 0.2) is 0 Å². The Morgan fingerprint density at radius 3 is 1.17 bits per heavy atom. The van der Waals surface area contributed by atoms with Gasteiger partial charge in [0.05, 0.1) is 22.3 Å². The molecule has 1 aliphatic heterocycles. The number of carbonyl (C=O) groups is 2. The lowest BCUT2D eigenvalue weighted by atomic mass is 9.70. The number of Topliss-reactive ketones (excluding diaryl/α,β-unsaturated/α-hetero) is 2. The maximum absolute atomic E-state index is 11.9. The molecule has 4 saturated carbocycles. The average Bonchev–Trinajstić information content (AvgIpc) is 3.27. The third kappa shape index (κ3) is 5.44. The molecule has 0 aromatic carbocycles. The van der Waals surface area contributed by atoms with Gasteiger partial charge in [0.1, 0.15) is 11.6 Å². The molecule has 0 radical (unpaired) electrons. The summed E-state index contributed by atoms with van der Waals surface area (Å²) in [5.41, 5.74) is -2.24. The van der Waals surface area contributed by atoms with Crippen LogP contribution in [0, 0.1) is 33.5 Å². The van der Waals surface area contributed by atoms with Crippen LogP contribution in [0.1, 0.15) is 66.2 Å². The van der Waals surface area contributed by atoms with Crippen LogP contribution in [0.5, 0.6) is 0 Å². The van der Waals surface area contributed by atoms with Crippen molar-refractivity contribution in [2.75, 3.05) is 37.7 Å². The van der Waals surface area contributed by atoms with Crippen LogP contribution >= 0.6 is 0 Å². The van der Waals surface area contributed by atoms with E-state index in [0.717, 1.165) is 39.0 Å². The second-order valence-electron chi connectivity index (χ2n) is 12.3. The first kappa shape index (κ1) is 29.6. The smallest absolute Gasteiger partial charge is 0.265 e. The monoisotopic (exact) mass is 550 g/mol. The first-order valence-electron chi connectivity index (χ1n) is 12.8. The molecule has 5 fully saturated rings. The summed E-state index contributed by atoms with van der Waals surface area (Å²) in [5.74, 6) is -0.203. The van der Waals surface area contributed by atoms with Gasteiger partial charge in [-0.1, -0.05) is 27.7 Å². The Morgan fingerprint density at radius 1 is 0.694 bits per heavy atom. The van der Waals surface area contributed by atoms with Crippen LogP contribution in [-0.2, 0) is 29.8 Å². The number of fused-ring (bicyclic) bond motifs is 4. The zero-order valence-corrected chi connectivity index (χ0v) is 23.4. The third-order valence-electron chi connectivity index (χ3n) is 10.1. The van der Waals surface area contributed by atoms with Gasteiger partial charge in [0, 0.05) is 39.0 Å². The molecule has 10 nitrogen and oxygen atoms in total. The molecule has 0 amide bonds. The molecule has 0 aromatic rings. The molecular formula is C24H42N2O8S2. The van der Waals surface area contributed by atoms with E-state index in [-0.39, 0.29) is 34.2 Å². The fourth-order valence-electron chi connectivity index (χ4n) is 7.44. The summed E-state index contributed by atoms with van der Waals surface area (Å²) < 4.78 is 62.0. The van der Waals surface area contributed by atoms with Crippen molar-refractivity contribution in [2.24, 2.45) is 33.5 Å². The number of piperazine rings is 1. The van der Waals surface area contributed by atoms with E-state index in [1.54, 1.807) is 0 Å². The highest BCUT2D eigenvalue weighted by Gasteiger charge is 2.66. The Bertz CT molecular complexity index is 990. The molecule has 4 bridgehead atoms. The van der Waals surface area contributed by atoms with E-state index in [2.05, 4.69) is 10.6 Å². The number of carbonyl (C=O) groups excluding carboxylic acids is 2. The van der Waals surface area contributed by atoms with Gasteiger partial charge in [0.25, 0.3) is 20.2 Å². The Morgan fingerprint density at radius 2 is 1.00 bits per heavy atom. The average molecular weight is 551 g/mol. The molecule has 5 aliphatic rings. The fraction of sp³-hybridized carbons (Fsp3) is 0.917. The number of rotatable bonds is 4. The lowest BCUT2D eigenvalue weighted by Crippen LogP contribution is -2.42. The van der Waals surface area contributed by atoms with Crippen molar-refractivity contribution >= 4 is 31.8 Å². The summed E-state index contributed by atoms with van der Waals surface area (Å²) in [6, 6.07) is 0. The molecule has 1 saturated heterocycles. The Hall–Kier alpha value is -0.920. The van der Waals surface area contributed by atoms with Crippen LogP contribution < -0.4 is 10.6 Å². The van der Waals surface area contributed by atoms with Gasteiger partial charge in [-0.3, -0.25) is 18.7 Å². The molecule has 4 unspecified atom stereocenters. The molecule has 5 rings (SSSR count). The standard InChI is InChI=1S/2C10H16O4S.C4H10N2/c2*1-9(2)7-3-4-10(9,8(11)5-7)6-15(12,13)14;1-2-6-4-3-5-1/h2*7H,3-6H2,1-2H3,(H,12,13,14);5-6H,1-4H2. The summed E-state index contributed by atoms with van der Waals surface area (Å²) in [5, 5.41) is 6.44. The summed E-state index contributed by atoms with van der Waals surface area (Å²) in [6.07, 6.45) is 3.94. The van der Waals surface area contributed by atoms with Crippen LogP contribution in [0.2, 0.25) is 0 Å². The molecule has 4 atom stereocenters. The first-order chi connectivity index (χ1) is 16.4. The van der Waals surface area contributed by atoms with E-state index in [0.29, 0.717) is 25.7 Å². The number of hydrogen-bond acceptors (Lipinski definition) is 8. The normalized spacial score (nSPS) is 36.2. The second-order valence-corrected chi connectivity index (χ2v) is 15.2. The van der Waals surface area contributed by atoms with Crippen LogP contribution in [0.25, 0.3) is 0 Å². The molecule has 36 heavy (non-hydrogen) atoms. The van der Waals surface area contributed by atoms with Crippen LogP contribution in [-0.4, -0.2) is 75.2 Å². The first-order valence-corrected chi connectivity index (χ1v) is 16.0. The van der Waals surface area contributed by atoms with E-state index in [9.17, 15) is 26.4 Å². The van der Waals surface area contributed by atoms with E-state index < -0.39 is 42.6 Å². The zero-order valence-electron chi connectivity index (χ0n) is 21.8. The largest absolute Gasteiger partial charge is 0.314 e. The van der Waals surface area contributed by atoms with Gasteiger partial charge in [-0.25, -0.2) is 0 Å². The maximum Gasteiger partial charge on any atom is 0.265 e. The molecule has 12 heteroatoms. The number of hydrogen-bond donors (Lipinski definition) is 4. The second kappa shape index (κ2) is 10.00. The van der Waals surface area contributed by atoms with Crippen molar-refractivity contribution in [3.63, 3.8) is 0 Å². The predicted octanol–water partition coefficient (Wildman–Crippen LogP) is 1.72. The summed E-state index contributed by atoms with van der Waals surface area (Å²) in [4.78, 5) is 23.8. The Labute approximate surface area is 215 Å². The molecule has 1 heterocycles. The maximum atomic E-state index is 11.9. The van der Waals surface area contributed by atoms with Crippen LogP contribution in [0.15, 0.2) is 0 Å². The molecule has 0 spiro atoms. The molecule has 0 aromatic heterocycles. The van der Waals surface area contributed by atoms with Crippen molar-refractivity contribution < 1.29 is 35.5 Å². The van der Waals surface area contributed by atoms with Crippen molar-refractivity contribution in [1.29, 1.82) is 0 Å². The van der Waals surface area contributed by atoms with Crippen molar-refractivity contribution in [3.8, 4) is 0 Å². The highest BCUT2D eigenvalue weighted by Crippen LogP contribution is 2.65. The van der Waals surface area contributed by atoms with E-state index >= 15 is 0 Å². The molecular weight excluding hydrogens is 508 g/mol. The van der Waals surface area contributed by atoms with Crippen molar-refractivity contribution in [2.45, 2.75) is 66.2 Å². The minimum absolute atomic E-state index is 0.0152. The van der Waals surface area contributed by atoms with Crippen LogP contribution in [0.3, 0.4) is 0 Å². The summed E-state index contributed by atoms with van der Waals surface area (Å²) in [7, 11) is -8.15. The number of nitrogens with one attached hydrogen (secondary N) is 2. The van der Waals surface area contributed by atoms with E-state index in [4.69, 9.17) is 9.11 Å². The SMILES string of the molecule is C1CNCCN1.CC1(C)C2CCC1(CS(=O)(=O)O)C(=O)C2.CC1(C)C2CCC1(CS(=O)(=O)O)C(=O)C2. The predicted molar refractivity (Wildman–Crippen MR) is 136 cm³/mol. The lowest BCUT2D eigenvalue weighted by Gasteiger charge is -2.35. The van der Waals surface area contributed by atoms with Gasteiger partial charge < -0.3 is 10.6 Å². The van der Waals surface area contributed by atoms with Gasteiger partial charge in [-0.2, -0.15) is 16.8 Å². The Kier molecular flexibility index (Phi) is 8.23. The summed E-state index contributed by atoms with van der Waals surface area (Å²) in [6.45, 7) is 12.3.